The van der Waals surface area contributed by atoms with Gasteiger partial charge in [-0.15, -0.1) is 0 Å². The number of aliphatic hydroxyl groups excluding tert-OH is 1. The normalized spacial score (nSPS) is 12.1. The lowest BCUT2D eigenvalue weighted by Crippen LogP contribution is -2.45. The second kappa shape index (κ2) is 31.8. The number of nitrogens with zero attached hydrogens (tertiary/aromatic N) is 1. The number of hydrogen-bond donors (Lipinski definition) is 3. The van der Waals surface area contributed by atoms with Crippen LogP contribution in [0.2, 0.25) is 0 Å². The van der Waals surface area contributed by atoms with Gasteiger partial charge in [-0.05, 0) is 19.8 Å². The lowest BCUT2D eigenvalue weighted by atomic mass is 10.1. The summed E-state index contributed by atoms with van der Waals surface area (Å²) < 4.78 is 0. The molecule has 1 unspecified atom stereocenters. The zero-order chi connectivity index (χ0) is 30.2. The summed E-state index contributed by atoms with van der Waals surface area (Å²) >= 11 is 0. The van der Waals surface area contributed by atoms with E-state index >= 15 is 0 Å². The number of amides is 2. The summed E-state index contributed by atoms with van der Waals surface area (Å²) in [5.41, 5.74) is 0. The summed E-state index contributed by atoms with van der Waals surface area (Å²) in [6, 6.07) is 0. The Hall–Kier alpha value is -1.14. The molecule has 3 N–H and O–H groups in total. The van der Waals surface area contributed by atoms with Crippen LogP contribution >= 0.6 is 0 Å². The molecular formula is C35H71N3O3. The quantitative estimate of drug-likeness (QED) is 0.0698. The van der Waals surface area contributed by atoms with E-state index in [-0.39, 0.29) is 24.9 Å². The fraction of sp³-hybridized carbons (Fsp3) is 0.943. The van der Waals surface area contributed by atoms with Crippen molar-refractivity contribution in [2.45, 2.75) is 181 Å². The van der Waals surface area contributed by atoms with Crippen LogP contribution in [0, 0.1) is 0 Å². The number of hydrogen-bond acceptors (Lipinski definition) is 4. The van der Waals surface area contributed by atoms with E-state index in [1.165, 1.54) is 128 Å². The zero-order valence-electron chi connectivity index (χ0n) is 27.8. The Morgan fingerprint density at radius 1 is 0.512 bits per heavy atom. The van der Waals surface area contributed by atoms with Crippen molar-refractivity contribution in [1.82, 2.24) is 15.5 Å². The first-order chi connectivity index (χ1) is 20.0. The molecule has 0 aromatic heterocycles. The second-order valence-corrected chi connectivity index (χ2v) is 12.5. The summed E-state index contributed by atoms with van der Waals surface area (Å²) in [7, 11) is 0. The number of aliphatic hydroxyl groups is 1. The topological polar surface area (TPSA) is 81.7 Å². The third-order valence-electron chi connectivity index (χ3n) is 7.96. The van der Waals surface area contributed by atoms with E-state index in [4.69, 9.17) is 0 Å². The van der Waals surface area contributed by atoms with Crippen molar-refractivity contribution >= 4 is 11.8 Å². The van der Waals surface area contributed by atoms with Crippen LogP contribution in [0.25, 0.3) is 0 Å². The van der Waals surface area contributed by atoms with Crippen LogP contribution in [0.5, 0.6) is 0 Å². The van der Waals surface area contributed by atoms with Crippen molar-refractivity contribution in [3.05, 3.63) is 0 Å². The van der Waals surface area contributed by atoms with Gasteiger partial charge < -0.3 is 15.7 Å². The van der Waals surface area contributed by atoms with Crippen molar-refractivity contribution in [3.63, 3.8) is 0 Å². The molecule has 0 saturated heterocycles. The third kappa shape index (κ3) is 31.6. The number of nitrogens with one attached hydrogen (secondary N) is 2. The number of unbranched alkanes of at least 4 members (excludes halogenated alkanes) is 22. The molecule has 6 nitrogen and oxygen atoms in total. The van der Waals surface area contributed by atoms with Crippen LogP contribution in [-0.2, 0) is 9.59 Å². The van der Waals surface area contributed by atoms with E-state index in [9.17, 15) is 14.7 Å². The minimum absolute atomic E-state index is 0.0671. The number of carbonyl (C=O) groups is 2. The Kier molecular flexibility index (Phi) is 30.9. The minimum Gasteiger partial charge on any atom is -0.392 e. The van der Waals surface area contributed by atoms with Gasteiger partial charge >= 0.3 is 0 Å². The lowest BCUT2D eigenvalue weighted by Gasteiger charge is -2.22. The lowest BCUT2D eigenvalue weighted by molar-refractivity contribution is -0.125. The monoisotopic (exact) mass is 582 g/mol. The Morgan fingerprint density at radius 2 is 0.780 bits per heavy atom. The van der Waals surface area contributed by atoms with Crippen molar-refractivity contribution in [2.75, 3.05) is 32.7 Å². The van der Waals surface area contributed by atoms with E-state index in [2.05, 4.69) is 24.5 Å². The fourth-order valence-corrected chi connectivity index (χ4v) is 5.46. The Balaban J connectivity index is 3.77. The summed E-state index contributed by atoms with van der Waals surface area (Å²) in [5, 5.41) is 15.8. The van der Waals surface area contributed by atoms with Crippen LogP contribution < -0.4 is 10.6 Å². The molecule has 0 spiro atoms. The van der Waals surface area contributed by atoms with Crippen molar-refractivity contribution < 1.29 is 14.7 Å². The molecule has 0 aliphatic carbocycles. The van der Waals surface area contributed by atoms with Crippen molar-refractivity contribution in [2.24, 2.45) is 0 Å². The van der Waals surface area contributed by atoms with Crippen LogP contribution in [0.4, 0.5) is 0 Å². The van der Waals surface area contributed by atoms with Gasteiger partial charge in [-0.3, -0.25) is 14.5 Å². The predicted molar refractivity (Wildman–Crippen MR) is 176 cm³/mol. The van der Waals surface area contributed by atoms with Gasteiger partial charge in [0.1, 0.15) is 0 Å². The number of carbonyl (C=O) groups excluding carboxylic acids is 2. The summed E-state index contributed by atoms with van der Waals surface area (Å²) in [6.45, 7) is 8.21. The zero-order valence-corrected chi connectivity index (χ0v) is 27.8. The van der Waals surface area contributed by atoms with Crippen molar-refractivity contribution in [3.8, 4) is 0 Å². The fourth-order valence-electron chi connectivity index (χ4n) is 5.46. The average Bonchev–Trinajstić information content (AvgIpc) is 2.93. The molecule has 0 aromatic rings. The molecule has 0 aliphatic rings. The Bertz CT molecular complexity index is 527. The highest BCUT2D eigenvalue weighted by atomic mass is 16.3. The molecule has 0 fully saturated rings. The molecule has 244 valence electrons. The maximum absolute atomic E-state index is 12.4. The van der Waals surface area contributed by atoms with Crippen LogP contribution in [0.3, 0.4) is 0 Å². The number of rotatable bonds is 32. The molecule has 41 heavy (non-hydrogen) atoms. The van der Waals surface area contributed by atoms with Gasteiger partial charge in [-0.1, -0.05) is 155 Å². The molecule has 0 aliphatic heterocycles. The summed E-state index contributed by atoms with van der Waals surface area (Å²) in [5.74, 6) is -0.134. The molecule has 0 rings (SSSR count). The first-order valence-electron chi connectivity index (χ1n) is 17.9. The molecule has 0 heterocycles. The first-order valence-corrected chi connectivity index (χ1v) is 17.9. The summed E-state index contributed by atoms with van der Waals surface area (Å²) in [4.78, 5) is 26.6. The first kappa shape index (κ1) is 39.9. The SMILES string of the molecule is CCCCCCCCCCCCCCNC(=O)CN(CC(=O)NCCCCCCCCCCCCCC)CC(C)O. The van der Waals surface area contributed by atoms with E-state index in [0.717, 1.165) is 25.7 Å². The summed E-state index contributed by atoms with van der Waals surface area (Å²) in [6.07, 6.45) is 30.6. The maximum Gasteiger partial charge on any atom is 0.234 e. The van der Waals surface area contributed by atoms with Gasteiger partial charge in [0.15, 0.2) is 0 Å². The highest BCUT2D eigenvalue weighted by Gasteiger charge is 2.16. The second-order valence-electron chi connectivity index (χ2n) is 12.5. The molecule has 1 atom stereocenters. The molecule has 2 amide bonds. The molecular weight excluding hydrogens is 510 g/mol. The molecule has 6 heteroatoms. The highest BCUT2D eigenvalue weighted by Crippen LogP contribution is 2.13. The predicted octanol–water partition coefficient (Wildman–Crippen LogP) is 8.30. The van der Waals surface area contributed by atoms with Crippen LogP contribution in [-0.4, -0.2) is 60.6 Å². The van der Waals surface area contributed by atoms with Crippen LogP contribution in [0.1, 0.15) is 175 Å². The van der Waals surface area contributed by atoms with E-state index in [1.54, 1.807) is 11.8 Å². The Morgan fingerprint density at radius 3 is 1.05 bits per heavy atom. The molecule has 0 radical (unpaired) electrons. The largest absolute Gasteiger partial charge is 0.392 e. The van der Waals surface area contributed by atoms with Gasteiger partial charge in [0.2, 0.25) is 11.8 Å². The highest BCUT2D eigenvalue weighted by molar-refractivity contribution is 5.81. The smallest absolute Gasteiger partial charge is 0.234 e. The van der Waals surface area contributed by atoms with Gasteiger partial charge in [0.05, 0.1) is 19.2 Å². The third-order valence-corrected chi connectivity index (χ3v) is 7.96. The average molecular weight is 582 g/mol. The minimum atomic E-state index is -0.580. The van der Waals surface area contributed by atoms with Crippen LogP contribution in [0.15, 0.2) is 0 Å². The van der Waals surface area contributed by atoms with E-state index < -0.39 is 6.10 Å². The van der Waals surface area contributed by atoms with Gasteiger partial charge in [-0.25, -0.2) is 0 Å². The van der Waals surface area contributed by atoms with E-state index in [1.807, 2.05) is 0 Å². The van der Waals surface area contributed by atoms with Crippen molar-refractivity contribution in [1.29, 1.82) is 0 Å². The molecule has 0 bridgehead atoms. The van der Waals surface area contributed by atoms with Gasteiger partial charge in [-0.2, -0.15) is 0 Å². The van der Waals surface area contributed by atoms with E-state index in [0.29, 0.717) is 19.6 Å². The maximum atomic E-state index is 12.4. The van der Waals surface area contributed by atoms with Gasteiger partial charge in [0, 0.05) is 19.6 Å². The Labute approximate surface area is 255 Å². The van der Waals surface area contributed by atoms with Gasteiger partial charge in [0.25, 0.3) is 0 Å². The standard InChI is InChI=1S/C35H71N3O3/c1-4-6-8-10-12-14-16-18-20-22-24-26-28-36-34(40)31-38(30-33(3)39)32-35(41)37-29-27-25-23-21-19-17-15-13-11-9-7-5-2/h33,39H,4-32H2,1-3H3,(H,36,40)(H,37,41). The molecule has 0 saturated carbocycles. The molecule has 0 aromatic carbocycles.